The van der Waals surface area contributed by atoms with Gasteiger partial charge in [-0.3, -0.25) is 0 Å². The fourth-order valence-corrected chi connectivity index (χ4v) is 4.49. The summed E-state index contributed by atoms with van der Waals surface area (Å²) in [5.74, 6) is 0. The second-order valence-electron chi connectivity index (χ2n) is 7.98. The smallest absolute Gasteiger partial charge is 0.0547 e. The van der Waals surface area contributed by atoms with E-state index in [9.17, 15) is 0 Å². The first kappa shape index (κ1) is 17.1. The van der Waals surface area contributed by atoms with Crippen molar-refractivity contribution in [3.05, 3.63) is 115 Å². The third kappa shape index (κ3) is 2.63. The van der Waals surface area contributed by atoms with E-state index in [0.29, 0.717) is 0 Å². The predicted molar refractivity (Wildman–Crippen MR) is 128 cm³/mol. The van der Waals surface area contributed by atoms with Crippen LogP contribution in [0.1, 0.15) is 5.56 Å². The average Bonchev–Trinajstić information content (AvgIpc) is 3.13. The first-order valence-corrected chi connectivity index (χ1v) is 10.4. The van der Waals surface area contributed by atoms with Gasteiger partial charge in [0.15, 0.2) is 0 Å². The van der Waals surface area contributed by atoms with Gasteiger partial charge in [-0.2, -0.15) is 0 Å². The molecule has 0 aliphatic carbocycles. The maximum Gasteiger partial charge on any atom is 0.0547 e. The van der Waals surface area contributed by atoms with Crippen LogP contribution in [0, 0.1) is 6.92 Å². The van der Waals surface area contributed by atoms with Crippen LogP contribution in [0.5, 0.6) is 0 Å². The van der Waals surface area contributed by atoms with E-state index in [-0.39, 0.29) is 0 Å². The number of hydrogen-bond donors (Lipinski definition) is 0. The predicted octanol–water partition coefficient (Wildman–Crippen LogP) is 7.91. The molecule has 1 heteroatoms. The minimum atomic E-state index is 1.20. The second-order valence-corrected chi connectivity index (χ2v) is 7.98. The molecule has 0 saturated heterocycles. The number of aryl methyl sites for hydroxylation is 1. The van der Waals surface area contributed by atoms with Crippen molar-refractivity contribution in [2.75, 3.05) is 0 Å². The highest BCUT2D eigenvalue weighted by molar-refractivity contribution is 6.10. The van der Waals surface area contributed by atoms with Gasteiger partial charge in [0, 0.05) is 16.5 Å². The van der Waals surface area contributed by atoms with Crippen LogP contribution < -0.4 is 0 Å². The Bertz CT molecular complexity index is 1530. The molecular weight excluding hydrogens is 362 g/mol. The van der Waals surface area contributed by atoms with Gasteiger partial charge in [-0.1, -0.05) is 90.5 Å². The maximum absolute atomic E-state index is 2.40. The number of nitrogens with zero attached hydrogens (tertiary/aromatic N) is 1. The molecule has 0 bridgehead atoms. The first-order chi connectivity index (χ1) is 14.8. The molecular formula is C29H21N. The molecule has 1 heterocycles. The van der Waals surface area contributed by atoms with E-state index in [1.54, 1.807) is 0 Å². The van der Waals surface area contributed by atoms with Crippen molar-refractivity contribution in [2.45, 2.75) is 6.92 Å². The lowest BCUT2D eigenvalue weighted by molar-refractivity contribution is 1.19. The minimum Gasteiger partial charge on any atom is -0.309 e. The van der Waals surface area contributed by atoms with E-state index in [1.165, 1.54) is 55.0 Å². The van der Waals surface area contributed by atoms with Gasteiger partial charge in [0.25, 0.3) is 0 Å². The fourth-order valence-electron chi connectivity index (χ4n) is 4.49. The summed E-state index contributed by atoms with van der Waals surface area (Å²) in [6, 6.07) is 39.6. The lowest BCUT2D eigenvalue weighted by Crippen LogP contribution is -1.94. The van der Waals surface area contributed by atoms with Crippen molar-refractivity contribution < 1.29 is 0 Å². The maximum atomic E-state index is 2.40. The largest absolute Gasteiger partial charge is 0.309 e. The number of benzene rings is 5. The van der Waals surface area contributed by atoms with E-state index in [4.69, 9.17) is 0 Å². The summed E-state index contributed by atoms with van der Waals surface area (Å²) >= 11 is 0. The topological polar surface area (TPSA) is 4.93 Å². The van der Waals surface area contributed by atoms with E-state index in [1.807, 2.05) is 0 Å². The van der Waals surface area contributed by atoms with Crippen molar-refractivity contribution in [1.82, 2.24) is 4.57 Å². The summed E-state index contributed by atoms with van der Waals surface area (Å²) in [4.78, 5) is 0. The molecule has 0 aliphatic heterocycles. The molecule has 30 heavy (non-hydrogen) atoms. The Hall–Kier alpha value is -3.84. The van der Waals surface area contributed by atoms with Crippen LogP contribution in [-0.2, 0) is 0 Å². The van der Waals surface area contributed by atoms with E-state index in [2.05, 4.69) is 121 Å². The van der Waals surface area contributed by atoms with E-state index in [0.717, 1.165) is 0 Å². The van der Waals surface area contributed by atoms with Crippen LogP contribution >= 0.6 is 0 Å². The molecule has 0 N–H and O–H groups in total. The van der Waals surface area contributed by atoms with Crippen LogP contribution in [0.3, 0.4) is 0 Å². The van der Waals surface area contributed by atoms with Crippen LogP contribution in [-0.4, -0.2) is 4.57 Å². The van der Waals surface area contributed by atoms with Gasteiger partial charge >= 0.3 is 0 Å². The number of para-hydroxylation sites is 1. The van der Waals surface area contributed by atoms with Gasteiger partial charge in [0.05, 0.1) is 11.0 Å². The van der Waals surface area contributed by atoms with Gasteiger partial charge in [0.2, 0.25) is 0 Å². The second kappa shape index (κ2) is 6.60. The van der Waals surface area contributed by atoms with Gasteiger partial charge < -0.3 is 4.57 Å². The molecule has 6 aromatic rings. The SMILES string of the molecule is Cc1ccc(-c2ccc3c4ccccc4n(-c4ccc5ccccc5c4)c3c2)cc1. The Labute approximate surface area is 175 Å². The highest BCUT2D eigenvalue weighted by Crippen LogP contribution is 2.35. The highest BCUT2D eigenvalue weighted by atomic mass is 15.0. The normalized spacial score (nSPS) is 11.5. The zero-order valence-electron chi connectivity index (χ0n) is 16.8. The summed E-state index contributed by atoms with van der Waals surface area (Å²) < 4.78 is 2.40. The summed E-state index contributed by atoms with van der Waals surface area (Å²) in [6.45, 7) is 2.13. The van der Waals surface area contributed by atoms with Crippen molar-refractivity contribution in [3.63, 3.8) is 0 Å². The summed E-state index contributed by atoms with van der Waals surface area (Å²) in [5.41, 5.74) is 7.45. The lowest BCUT2D eigenvalue weighted by Gasteiger charge is -2.10. The average molecular weight is 383 g/mol. The Kier molecular flexibility index (Phi) is 3.75. The quantitative estimate of drug-likeness (QED) is 0.286. The van der Waals surface area contributed by atoms with Crippen LogP contribution in [0.25, 0.3) is 49.4 Å². The number of fused-ring (bicyclic) bond motifs is 4. The standard InChI is InChI=1S/C29H21N/c1-20-10-12-22(13-11-20)24-15-17-27-26-8-4-5-9-28(26)30(29(27)19-24)25-16-14-21-6-2-3-7-23(21)18-25/h2-19H,1H3. The number of hydrogen-bond acceptors (Lipinski definition) is 0. The van der Waals surface area contributed by atoms with Crippen molar-refractivity contribution in [2.24, 2.45) is 0 Å². The van der Waals surface area contributed by atoms with Gasteiger partial charge in [0.1, 0.15) is 0 Å². The molecule has 1 aromatic heterocycles. The molecule has 0 unspecified atom stereocenters. The van der Waals surface area contributed by atoms with Gasteiger partial charge in [-0.15, -0.1) is 0 Å². The molecule has 142 valence electrons. The lowest BCUT2D eigenvalue weighted by atomic mass is 10.0. The number of rotatable bonds is 2. The molecule has 5 aromatic carbocycles. The minimum absolute atomic E-state index is 1.20. The molecule has 0 radical (unpaired) electrons. The monoisotopic (exact) mass is 383 g/mol. The zero-order chi connectivity index (χ0) is 20.1. The van der Waals surface area contributed by atoms with Crippen molar-refractivity contribution in [1.29, 1.82) is 0 Å². The molecule has 6 rings (SSSR count). The molecule has 0 aliphatic rings. The Morgan fingerprint density at radius 3 is 2.07 bits per heavy atom. The molecule has 0 fully saturated rings. The third-order valence-electron chi connectivity index (χ3n) is 6.05. The third-order valence-corrected chi connectivity index (χ3v) is 6.05. The summed E-state index contributed by atoms with van der Waals surface area (Å²) in [6.07, 6.45) is 0. The Morgan fingerprint density at radius 1 is 0.500 bits per heavy atom. The van der Waals surface area contributed by atoms with Crippen LogP contribution in [0.4, 0.5) is 0 Å². The van der Waals surface area contributed by atoms with Gasteiger partial charge in [-0.25, -0.2) is 0 Å². The summed E-state index contributed by atoms with van der Waals surface area (Å²) in [7, 11) is 0. The highest BCUT2D eigenvalue weighted by Gasteiger charge is 2.13. The first-order valence-electron chi connectivity index (χ1n) is 10.4. The van der Waals surface area contributed by atoms with Crippen molar-refractivity contribution in [3.8, 4) is 16.8 Å². The number of aromatic nitrogens is 1. The van der Waals surface area contributed by atoms with Crippen LogP contribution in [0.2, 0.25) is 0 Å². The zero-order valence-corrected chi connectivity index (χ0v) is 16.8. The van der Waals surface area contributed by atoms with Gasteiger partial charge in [-0.05, 0) is 53.1 Å². The molecule has 0 spiro atoms. The Morgan fingerprint density at radius 2 is 1.20 bits per heavy atom. The van der Waals surface area contributed by atoms with Crippen LogP contribution in [0.15, 0.2) is 109 Å². The Balaban J connectivity index is 1.67. The fraction of sp³-hybridized carbons (Fsp3) is 0.0345. The van der Waals surface area contributed by atoms with E-state index < -0.39 is 0 Å². The molecule has 0 saturated carbocycles. The van der Waals surface area contributed by atoms with Crippen molar-refractivity contribution >= 4 is 32.6 Å². The van der Waals surface area contributed by atoms with E-state index >= 15 is 0 Å². The molecule has 0 atom stereocenters. The molecule has 1 nitrogen and oxygen atoms in total. The molecule has 0 amide bonds. The summed E-state index contributed by atoms with van der Waals surface area (Å²) in [5, 5.41) is 5.10.